The number of nitrogens with zero attached hydrogens (tertiary/aromatic N) is 2. The smallest absolute Gasteiger partial charge is 0.319 e. The lowest BCUT2D eigenvalue weighted by Gasteiger charge is -2.14. The number of benzene rings is 3. The minimum atomic E-state index is -0.315. The Kier molecular flexibility index (Phi) is 5.66. The average molecular weight is 414 g/mol. The third-order valence-corrected chi connectivity index (χ3v) is 4.98. The zero-order valence-corrected chi connectivity index (χ0v) is 17.3. The standard InChI is InChI=1S/C24H22N4O3/c1-28-23(29)20-11-7-6-10-19(20)22(27-28)16-12-13-21(31-2)17(14-16)15-25-24(30)26-18-8-4-3-5-9-18/h3-14H,15H2,1-2H3,(H2,25,26,30). The molecule has 0 saturated carbocycles. The highest BCUT2D eigenvalue weighted by Gasteiger charge is 2.13. The van der Waals surface area contributed by atoms with Gasteiger partial charge in [-0.2, -0.15) is 5.10 Å². The lowest BCUT2D eigenvalue weighted by Crippen LogP contribution is -2.28. The zero-order valence-electron chi connectivity index (χ0n) is 17.3. The molecule has 0 saturated heterocycles. The summed E-state index contributed by atoms with van der Waals surface area (Å²) in [4.78, 5) is 24.7. The second-order valence-electron chi connectivity index (χ2n) is 7.02. The molecule has 7 heteroatoms. The highest BCUT2D eigenvalue weighted by Crippen LogP contribution is 2.29. The molecule has 2 N–H and O–H groups in total. The fraction of sp³-hybridized carbons (Fsp3) is 0.125. The van der Waals surface area contributed by atoms with Crippen molar-refractivity contribution in [1.29, 1.82) is 0 Å². The highest BCUT2D eigenvalue weighted by atomic mass is 16.5. The quantitative estimate of drug-likeness (QED) is 0.518. The van der Waals surface area contributed by atoms with Crippen LogP contribution < -0.4 is 20.9 Å². The molecule has 0 bridgehead atoms. The number of anilines is 1. The maximum Gasteiger partial charge on any atom is 0.319 e. The number of amides is 2. The van der Waals surface area contributed by atoms with Crippen molar-refractivity contribution in [3.63, 3.8) is 0 Å². The van der Waals surface area contributed by atoms with Gasteiger partial charge in [-0.1, -0.05) is 36.4 Å². The Hall–Kier alpha value is -4.13. The van der Waals surface area contributed by atoms with Gasteiger partial charge in [0, 0.05) is 35.8 Å². The molecule has 0 aliphatic rings. The molecule has 0 spiro atoms. The van der Waals surface area contributed by atoms with E-state index in [-0.39, 0.29) is 18.1 Å². The number of carbonyl (C=O) groups is 1. The summed E-state index contributed by atoms with van der Waals surface area (Å²) in [6.45, 7) is 0.263. The van der Waals surface area contributed by atoms with Gasteiger partial charge < -0.3 is 15.4 Å². The minimum absolute atomic E-state index is 0.146. The van der Waals surface area contributed by atoms with Gasteiger partial charge in [-0.25, -0.2) is 9.48 Å². The number of hydrogen-bond acceptors (Lipinski definition) is 4. The van der Waals surface area contributed by atoms with Crippen molar-refractivity contribution in [3.05, 3.63) is 88.7 Å². The maximum absolute atomic E-state index is 12.4. The van der Waals surface area contributed by atoms with Crippen LogP contribution in [0.5, 0.6) is 5.75 Å². The van der Waals surface area contributed by atoms with Crippen LogP contribution in [0.15, 0.2) is 77.6 Å². The molecule has 2 amide bonds. The molecule has 1 aromatic heterocycles. The van der Waals surface area contributed by atoms with Crippen molar-refractivity contribution in [2.45, 2.75) is 6.54 Å². The van der Waals surface area contributed by atoms with Gasteiger partial charge in [0.25, 0.3) is 5.56 Å². The lowest BCUT2D eigenvalue weighted by molar-refractivity contribution is 0.251. The predicted molar refractivity (Wildman–Crippen MR) is 121 cm³/mol. The first-order valence-corrected chi connectivity index (χ1v) is 9.80. The SMILES string of the molecule is COc1ccc(-c2nn(C)c(=O)c3ccccc23)cc1CNC(=O)Nc1ccccc1. The number of aryl methyl sites for hydroxylation is 1. The minimum Gasteiger partial charge on any atom is -0.496 e. The van der Waals surface area contributed by atoms with Gasteiger partial charge in [0.15, 0.2) is 0 Å². The normalized spacial score (nSPS) is 10.6. The number of aromatic nitrogens is 2. The molecule has 0 aliphatic heterocycles. The van der Waals surface area contributed by atoms with Crippen LogP contribution in [-0.2, 0) is 13.6 Å². The molecular formula is C24H22N4O3. The van der Waals surface area contributed by atoms with Gasteiger partial charge in [-0.15, -0.1) is 0 Å². The van der Waals surface area contributed by atoms with Crippen molar-refractivity contribution in [1.82, 2.24) is 15.1 Å². The van der Waals surface area contributed by atoms with Crippen molar-refractivity contribution in [3.8, 4) is 17.0 Å². The molecule has 4 rings (SSSR count). The lowest BCUT2D eigenvalue weighted by atomic mass is 10.0. The third kappa shape index (κ3) is 4.25. The van der Waals surface area contributed by atoms with Gasteiger partial charge in [0.1, 0.15) is 5.75 Å². The highest BCUT2D eigenvalue weighted by molar-refractivity contribution is 5.94. The molecule has 0 atom stereocenters. The van der Waals surface area contributed by atoms with Crippen LogP contribution in [0.2, 0.25) is 0 Å². The molecule has 4 aromatic rings. The third-order valence-electron chi connectivity index (χ3n) is 4.98. The summed E-state index contributed by atoms with van der Waals surface area (Å²) in [5, 5.41) is 11.5. The predicted octanol–water partition coefficient (Wildman–Crippen LogP) is 3.93. The second kappa shape index (κ2) is 8.71. The summed E-state index contributed by atoms with van der Waals surface area (Å²) < 4.78 is 6.81. The molecule has 156 valence electrons. The number of para-hydroxylation sites is 1. The number of carbonyl (C=O) groups excluding carboxylic acids is 1. The number of hydrogen-bond donors (Lipinski definition) is 2. The number of rotatable bonds is 5. The number of nitrogens with one attached hydrogen (secondary N) is 2. The molecule has 0 radical (unpaired) electrons. The monoisotopic (exact) mass is 414 g/mol. The number of urea groups is 1. The summed E-state index contributed by atoms with van der Waals surface area (Å²) in [6.07, 6.45) is 0. The van der Waals surface area contributed by atoms with E-state index < -0.39 is 0 Å². The van der Waals surface area contributed by atoms with Crippen LogP contribution in [0.25, 0.3) is 22.0 Å². The topological polar surface area (TPSA) is 85.2 Å². The van der Waals surface area contributed by atoms with Gasteiger partial charge in [0.05, 0.1) is 18.2 Å². The van der Waals surface area contributed by atoms with E-state index >= 15 is 0 Å². The van der Waals surface area contributed by atoms with Crippen molar-refractivity contribution < 1.29 is 9.53 Å². The van der Waals surface area contributed by atoms with E-state index in [0.29, 0.717) is 22.5 Å². The summed E-state index contributed by atoms with van der Waals surface area (Å²) in [6, 6.07) is 22.0. The molecule has 7 nitrogen and oxygen atoms in total. The van der Waals surface area contributed by atoms with Crippen molar-refractivity contribution in [2.24, 2.45) is 7.05 Å². The molecule has 31 heavy (non-hydrogen) atoms. The first-order valence-electron chi connectivity index (χ1n) is 9.80. The summed E-state index contributed by atoms with van der Waals surface area (Å²) >= 11 is 0. The summed E-state index contributed by atoms with van der Waals surface area (Å²) in [5.41, 5.74) is 2.88. The molecular weight excluding hydrogens is 392 g/mol. The van der Waals surface area contributed by atoms with Crippen LogP contribution in [0.4, 0.5) is 10.5 Å². The second-order valence-corrected chi connectivity index (χ2v) is 7.02. The van der Waals surface area contributed by atoms with Crippen molar-refractivity contribution >= 4 is 22.5 Å². The van der Waals surface area contributed by atoms with Crippen LogP contribution in [0.3, 0.4) is 0 Å². The van der Waals surface area contributed by atoms with E-state index in [1.807, 2.05) is 66.7 Å². The maximum atomic E-state index is 12.4. The zero-order chi connectivity index (χ0) is 21.8. The molecule has 0 unspecified atom stereocenters. The van der Waals surface area contributed by atoms with E-state index in [1.165, 1.54) is 4.68 Å². The van der Waals surface area contributed by atoms with Gasteiger partial charge in [-0.3, -0.25) is 4.79 Å². The van der Waals surface area contributed by atoms with Crippen LogP contribution >= 0.6 is 0 Å². The van der Waals surface area contributed by atoms with Gasteiger partial charge >= 0.3 is 6.03 Å². The van der Waals surface area contributed by atoms with E-state index in [0.717, 1.165) is 16.5 Å². The Morgan fingerprint density at radius 1 is 1.00 bits per heavy atom. The molecule has 0 fully saturated rings. The van der Waals surface area contributed by atoms with Gasteiger partial charge in [0.2, 0.25) is 0 Å². The number of methoxy groups -OCH3 is 1. The van der Waals surface area contributed by atoms with Crippen LogP contribution in [0.1, 0.15) is 5.56 Å². The molecule has 0 aliphatic carbocycles. The largest absolute Gasteiger partial charge is 0.496 e. The fourth-order valence-corrected chi connectivity index (χ4v) is 3.45. The van der Waals surface area contributed by atoms with Crippen molar-refractivity contribution in [2.75, 3.05) is 12.4 Å². The van der Waals surface area contributed by atoms with Crippen LogP contribution in [-0.4, -0.2) is 22.9 Å². The number of ether oxygens (including phenoxy) is 1. The van der Waals surface area contributed by atoms with E-state index in [1.54, 1.807) is 20.2 Å². The summed E-state index contributed by atoms with van der Waals surface area (Å²) in [7, 11) is 3.22. The van der Waals surface area contributed by atoms with Gasteiger partial charge in [-0.05, 0) is 36.4 Å². The average Bonchev–Trinajstić information content (AvgIpc) is 2.80. The Morgan fingerprint density at radius 3 is 2.45 bits per heavy atom. The number of fused-ring (bicyclic) bond motifs is 1. The van der Waals surface area contributed by atoms with E-state index in [2.05, 4.69) is 15.7 Å². The Labute approximate surface area is 179 Å². The van der Waals surface area contributed by atoms with E-state index in [4.69, 9.17) is 4.74 Å². The molecule has 1 heterocycles. The van der Waals surface area contributed by atoms with E-state index in [9.17, 15) is 9.59 Å². The molecule has 3 aromatic carbocycles. The summed E-state index contributed by atoms with van der Waals surface area (Å²) in [5.74, 6) is 0.651. The Bertz CT molecular complexity index is 1300. The first kappa shape index (κ1) is 20.2. The van der Waals surface area contributed by atoms with Crippen LogP contribution in [0, 0.1) is 0 Å². The Morgan fingerprint density at radius 2 is 1.71 bits per heavy atom. The fourth-order valence-electron chi connectivity index (χ4n) is 3.45. The Balaban J connectivity index is 1.64. The first-order chi connectivity index (χ1) is 15.1.